The van der Waals surface area contributed by atoms with Crippen LogP contribution in [0, 0.1) is 0 Å². The maximum Gasteiger partial charge on any atom is 0.240 e. The van der Waals surface area contributed by atoms with Crippen molar-refractivity contribution >= 4 is 51.2 Å². The van der Waals surface area contributed by atoms with Gasteiger partial charge in [-0.2, -0.15) is 5.10 Å². The van der Waals surface area contributed by atoms with Gasteiger partial charge in [0.15, 0.2) is 0 Å². The van der Waals surface area contributed by atoms with Crippen molar-refractivity contribution in [2.24, 2.45) is 5.10 Å². The summed E-state index contributed by atoms with van der Waals surface area (Å²) in [5, 5.41) is 7.17. The number of halogens is 2. The van der Waals surface area contributed by atoms with Crippen molar-refractivity contribution in [2.45, 2.75) is 12.8 Å². The second kappa shape index (κ2) is 10.7. The molecule has 7 nitrogen and oxygen atoms in total. The number of ether oxygens (including phenoxy) is 2. The Bertz CT molecular complexity index is 872. The number of nitrogens with one attached hydrogen (secondary N) is 2. The molecule has 148 valence electrons. The number of hydrogen-bond acceptors (Lipinski definition) is 5. The first kappa shape index (κ1) is 21.7. The Morgan fingerprint density at radius 3 is 2.36 bits per heavy atom. The Morgan fingerprint density at radius 1 is 1.07 bits per heavy atom. The number of amides is 2. The smallest absolute Gasteiger partial charge is 0.240 e. The average Bonchev–Trinajstić information content (AvgIpc) is 2.68. The van der Waals surface area contributed by atoms with Crippen LogP contribution in [0.1, 0.15) is 18.4 Å². The second-order valence-electron chi connectivity index (χ2n) is 5.58. The lowest BCUT2D eigenvalue weighted by Crippen LogP contribution is -2.20. The fraction of sp³-hybridized carbons (Fsp3) is 0.211. The van der Waals surface area contributed by atoms with Crippen LogP contribution < -0.4 is 20.2 Å². The molecule has 0 heterocycles. The van der Waals surface area contributed by atoms with E-state index in [0.29, 0.717) is 27.8 Å². The van der Waals surface area contributed by atoms with Crippen molar-refractivity contribution in [2.75, 3.05) is 19.5 Å². The number of rotatable bonds is 8. The number of carbonyl (C=O) groups excluding carboxylic acids is 2. The molecular weight excluding hydrogens is 450 g/mol. The molecule has 2 rings (SSSR count). The normalized spacial score (nSPS) is 10.6. The highest BCUT2D eigenvalue weighted by atomic mass is 79.9. The summed E-state index contributed by atoms with van der Waals surface area (Å²) in [6.07, 6.45) is 1.48. The van der Waals surface area contributed by atoms with E-state index in [-0.39, 0.29) is 24.7 Å². The van der Waals surface area contributed by atoms with Crippen LogP contribution in [0.25, 0.3) is 0 Å². The molecule has 0 fully saturated rings. The third-order valence-electron chi connectivity index (χ3n) is 3.60. The van der Waals surface area contributed by atoms with E-state index in [4.69, 9.17) is 21.1 Å². The van der Waals surface area contributed by atoms with Gasteiger partial charge in [-0.3, -0.25) is 9.59 Å². The fourth-order valence-corrected chi connectivity index (χ4v) is 2.85. The number of methoxy groups -OCH3 is 2. The summed E-state index contributed by atoms with van der Waals surface area (Å²) >= 11 is 9.17. The van der Waals surface area contributed by atoms with Gasteiger partial charge < -0.3 is 14.8 Å². The van der Waals surface area contributed by atoms with E-state index >= 15 is 0 Å². The van der Waals surface area contributed by atoms with Crippen LogP contribution in [-0.2, 0) is 9.59 Å². The average molecular weight is 469 g/mol. The highest BCUT2D eigenvalue weighted by Crippen LogP contribution is 2.31. The molecule has 9 heteroatoms. The van der Waals surface area contributed by atoms with Gasteiger partial charge in [-0.1, -0.05) is 11.6 Å². The highest BCUT2D eigenvalue weighted by molar-refractivity contribution is 9.10. The molecule has 0 atom stereocenters. The Kier molecular flexibility index (Phi) is 8.28. The molecule has 0 saturated heterocycles. The van der Waals surface area contributed by atoms with Gasteiger partial charge in [-0.25, -0.2) is 5.43 Å². The van der Waals surface area contributed by atoms with Gasteiger partial charge in [0, 0.05) is 35.2 Å². The van der Waals surface area contributed by atoms with Gasteiger partial charge in [0.05, 0.1) is 24.9 Å². The molecular formula is C19H19BrClN3O4. The lowest BCUT2D eigenvalue weighted by atomic mass is 10.2. The van der Waals surface area contributed by atoms with Crippen LogP contribution in [0.15, 0.2) is 46.0 Å². The number of hydrogen-bond donors (Lipinski definition) is 2. The number of anilines is 1. The van der Waals surface area contributed by atoms with Gasteiger partial charge in [-0.05, 0) is 46.3 Å². The van der Waals surface area contributed by atoms with E-state index in [9.17, 15) is 9.59 Å². The molecule has 0 aliphatic heterocycles. The minimum absolute atomic E-state index is 0.000203. The maximum absolute atomic E-state index is 11.9. The van der Waals surface area contributed by atoms with E-state index < -0.39 is 0 Å². The Morgan fingerprint density at radius 2 is 1.71 bits per heavy atom. The molecule has 0 aromatic heterocycles. The summed E-state index contributed by atoms with van der Waals surface area (Å²) < 4.78 is 11.2. The highest BCUT2D eigenvalue weighted by Gasteiger charge is 2.09. The third kappa shape index (κ3) is 6.54. The predicted octanol–water partition coefficient (Wildman–Crippen LogP) is 3.99. The van der Waals surface area contributed by atoms with Crippen LogP contribution in [0.4, 0.5) is 5.69 Å². The molecule has 2 amide bonds. The molecule has 0 radical (unpaired) electrons. The van der Waals surface area contributed by atoms with E-state index in [2.05, 4.69) is 31.8 Å². The lowest BCUT2D eigenvalue weighted by Gasteiger charge is -2.09. The van der Waals surface area contributed by atoms with Crippen LogP contribution in [0.5, 0.6) is 11.5 Å². The molecule has 28 heavy (non-hydrogen) atoms. The first-order valence-corrected chi connectivity index (χ1v) is 9.39. The van der Waals surface area contributed by atoms with Crippen LogP contribution in [-0.4, -0.2) is 32.2 Å². The number of benzene rings is 2. The Labute approximate surface area is 176 Å². The molecule has 2 aromatic rings. The number of nitrogens with zero attached hydrogens (tertiary/aromatic N) is 1. The first-order chi connectivity index (χ1) is 13.4. The zero-order valence-corrected chi connectivity index (χ0v) is 17.6. The lowest BCUT2D eigenvalue weighted by molar-refractivity contribution is -0.124. The standard InChI is InChI=1S/C19H19BrClN3O4/c1-27-16-10-17(28-2)15(20)9-12(16)11-22-24-19(26)8-7-18(25)23-14-5-3-13(21)4-6-14/h3-6,9-11H,7-8H2,1-2H3,(H,23,25)(H,24,26). The molecule has 2 aromatic carbocycles. The number of hydrazone groups is 1. The van der Waals surface area contributed by atoms with Crippen molar-refractivity contribution in [1.82, 2.24) is 5.43 Å². The predicted molar refractivity (Wildman–Crippen MR) is 112 cm³/mol. The van der Waals surface area contributed by atoms with E-state index in [1.165, 1.54) is 13.3 Å². The Hall–Kier alpha value is -2.58. The van der Waals surface area contributed by atoms with Gasteiger partial charge in [-0.15, -0.1) is 0 Å². The minimum Gasteiger partial charge on any atom is -0.496 e. The zero-order chi connectivity index (χ0) is 20.5. The zero-order valence-electron chi connectivity index (χ0n) is 15.3. The maximum atomic E-state index is 11.9. The van der Waals surface area contributed by atoms with Crippen LogP contribution in [0.3, 0.4) is 0 Å². The van der Waals surface area contributed by atoms with E-state index in [1.807, 2.05) is 0 Å². The topological polar surface area (TPSA) is 89.0 Å². The summed E-state index contributed by atoms with van der Waals surface area (Å²) in [5.41, 5.74) is 3.65. The quantitative estimate of drug-likeness (QED) is 0.453. The first-order valence-electron chi connectivity index (χ1n) is 8.21. The van der Waals surface area contributed by atoms with Crippen LogP contribution in [0.2, 0.25) is 5.02 Å². The molecule has 0 aliphatic carbocycles. The summed E-state index contributed by atoms with van der Waals surface area (Å²) in [4.78, 5) is 23.8. The van der Waals surface area contributed by atoms with Crippen molar-refractivity contribution < 1.29 is 19.1 Å². The van der Waals surface area contributed by atoms with Crippen LogP contribution >= 0.6 is 27.5 Å². The van der Waals surface area contributed by atoms with Gasteiger partial charge >= 0.3 is 0 Å². The van der Waals surface area contributed by atoms with Gasteiger partial charge in [0.2, 0.25) is 11.8 Å². The van der Waals surface area contributed by atoms with Crippen molar-refractivity contribution in [3.8, 4) is 11.5 Å². The Balaban J connectivity index is 1.84. The molecule has 0 spiro atoms. The summed E-state index contributed by atoms with van der Waals surface area (Å²) in [5.74, 6) is 0.501. The van der Waals surface area contributed by atoms with Gasteiger partial charge in [0.25, 0.3) is 0 Å². The molecule has 2 N–H and O–H groups in total. The SMILES string of the molecule is COc1cc(OC)c(C=NNC(=O)CCC(=O)Nc2ccc(Cl)cc2)cc1Br. The second-order valence-corrected chi connectivity index (χ2v) is 6.87. The van der Waals surface area contributed by atoms with E-state index in [1.54, 1.807) is 43.5 Å². The van der Waals surface area contributed by atoms with Crippen molar-refractivity contribution in [3.63, 3.8) is 0 Å². The molecule has 0 aliphatic rings. The minimum atomic E-state index is -0.381. The van der Waals surface area contributed by atoms with Crippen molar-refractivity contribution in [1.29, 1.82) is 0 Å². The fourth-order valence-electron chi connectivity index (χ4n) is 2.20. The van der Waals surface area contributed by atoms with E-state index in [0.717, 1.165) is 4.47 Å². The number of carbonyl (C=O) groups is 2. The third-order valence-corrected chi connectivity index (χ3v) is 4.48. The molecule has 0 unspecified atom stereocenters. The molecule has 0 saturated carbocycles. The summed E-state index contributed by atoms with van der Waals surface area (Å²) in [7, 11) is 3.08. The summed E-state index contributed by atoms with van der Waals surface area (Å²) in [6.45, 7) is 0. The monoisotopic (exact) mass is 467 g/mol. The largest absolute Gasteiger partial charge is 0.496 e. The van der Waals surface area contributed by atoms with Gasteiger partial charge in [0.1, 0.15) is 11.5 Å². The summed E-state index contributed by atoms with van der Waals surface area (Å²) in [6, 6.07) is 10.2. The van der Waals surface area contributed by atoms with Crippen molar-refractivity contribution in [3.05, 3.63) is 51.5 Å². The molecule has 0 bridgehead atoms.